The second kappa shape index (κ2) is 7.31. The molecular formula is C16H20ClN3O2. The van der Waals surface area contributed by atoms with E-state index in [4.69, 9.17) is 16.3 Å². The smallest absolute Gasteiger partial charge is 0.271 e. The van der Waals surface area contributed by atoms with Crippen LogP contribution in [0.2, 0.25) is 5.02 Å². The average Bonchev–Trinajstić information content (AvgIpc) is 2.76. The first-order valence-electron chi connectivity index (χ1n) is 7.22. The Morgan fingerprint density at radius 2 is 2.23 bits per heavy atom. The molecule has 1 heterocycles. The van der Waals surface area contributed by atoms with Crippen molar-refractivity contribution in [3.05, 3.63) is 46.2 Å². The number of nitrogens with zero attached hydrogens (tertiary/aromatic N) is 2. The van der Waals surface area contributed by atoms with Gasteiger partial charge in [-0.3, -0.25) is 9.48 Å². The molecule has 118 valence electrons. The first kappa shape index (κ1) is 16.4. The predicted molar refractivity (Wildman–Crippen MR) is 86.4 cm³/mol. The third kappa shape index (κ3) is 3.80. The molecule has 0 unspecified atom stereocenters. The number of halogens is 1. The summed E-state index contributed by atoms with van der Waals surface area (Å²) in [6.07, 6.45) is 0.958. The topological polar surface area (TPSA) is 56.1 Å². The Morgan fingerprint density at radius 1 is 1.45 bits per heavy atom. The fourth-order valence-corrected chi connectivity index (χ4v) is 2.36. The van der Waals surface area contributed by atoms with Gasteiger partial charge in [-0.05, 0) is 31.0 Å². The lowest BCUT2D eigenvalue weighted by Crippen LogP contribution is -2.25. The molecule has 0 saturated carbocycles. The van der Waals surface area contributed by atoms with Crippen LogP contribution in [0.4, 0.5) is 0 Å². The van der Waals surface area contributed by atoms with Crippen LogP contribution in [0.1, 0.15) is 35.1 Å². The van der Waals surface area contributed by atoms with Crippen molar-refractivity contribution < 1.29 is 9.53 Å². The van der Waals surface area contributed by atoms with Crippen LogP contribution in [-0.4, -0.2) is 22.3 Å². The summed E-state index contributed by atoms with van der Waals surface area (Å²) >= 11 is 6.11. The average molecular weight is 322 g/mol. The number of carbonyl (C=O) groups is 1. The van der Waals surface area contributed by atoms with E-state index < -0.39 is 0 Å². The van der Waals surface area contributed by atoms with Gasteiger partial charge in [0.05, 0.1) is 17.3 Å². The fraction of sp³-hybridized carbons (Fsp3) is 0.375. The second-order valence-corrected chi connectivity index (χ2v) is 5.43. The maximum atomic E-state index is 12.2. The number of benzene rings is 1. The van der Waals surface area contributed by atoms with Crippen LogP contribution >= 0.6 is 11.6 Å². The molecule has 0 fully saturated rings. The molecule has 0 radical (unpaired) electrons. The maximum absolute atomic E-state index is 12.2. The molecule has 0 aliphatic carbocycles. The zero-order chi connectivity index (χ0) is 16.1. The van der Waals surface area contributed by atoms with Gasteiger partial charge in [0.1, 0.15) is 11.4 Å². The zero-order valence-corrected chi connectivity index (χ0v) is 13.8. The first-order valence-corrected chi connectivity index (χ1v) is 7.59. The summed E-state index contributed by atoms with van der Waals surface area (Å²) in [6, 6.07) is 7.68. The standard InChI is InChI=1S/C16H20ClN3O2/c1-4-8-22-13-7-5-6-12(9-13)10-18-16(21)15-14(17)11(2)19-20(15)3/h5-7,9H,4,8,10H2,1-3H3,(H,18,21). The molecule has 0 aliphatic rings. The van der Waals surface area contributed by atoms with Crippen LogP contribution in [0.15, 0.2) is 24.3 Å². The largest absolute Gasteiger partial charge is 0.494 e. The van der Waals surface area contributed by atoms with Crippen molar-refractivity contribution in [2.75, 3.05) is 6.61 Å². The fourth-order valence-electron chi connectivity index (χ4n) is 2.11. The highest BCUT2D eigenvalue weighted by atomic mass is 35.5. The number of ether oxygens (including phenoxy) is 1. The molecule has 1 aromatic carbocycles. The molecular weight excluding hydrogens is 302 g/mol. The van der Waals surface area contributed by atoms with E-state index in [0.29, 0.717) is 29.6 Å². The van der Waals surface area contributed by atoms with Crippen molar-refractivity contribution in [3.63, 3.8) is 0 Å². The lowest BCUT2D eigenvalue weighted by molar-refractivity contribution is 0.0941. The minimum atomic E-state index is -0.243. The maximum Gasteiger partial charge on any atom is 0.271 e. The highest BCUT2D eigenvalue weighted by Crippen LogP contribution is 2.19. The number of aromatic nitrogens is 2. The SMILES string of the molecule is CCCOc1cccc(CNC(=O)c2c(Cl)c(C)nn2C)c1. The molecule has 5 nitrogen and oxygen atoms in total. The summed E-state index contributed by atoms with van der Waals surface area (Å²) in [4.78, 5) is 12.2. The van der Waals surface area contributed by atoms with Crippen molar-refractivity contribution in [1.29, 1.82) is 0 Å². The van der Waals surface area contributed by atoms with E-state index in [9.17, 15) is 4.79 Å². The molecule has 1 N–H and O–H groups in total. The molecule has 2 rings (SSSR count). The van der Waals surface area contributed by atoms with Crippen molar-refractivity contribution >= 4 is 17.5 Å². The van der Waals surface area contributed by atoms with Gasteiger partial charge in [0.25, 0.3) is 5.91 Å². The van der Waals surface area contributed by atoms with E-state index in [-0.39, 0.29) is 5.91 Å². The van der Waals surface area contributed by atoms with Gasteiger partial charge in [0, 0.05) is 13.6 Å². The summed E-state index contributed by atoms with van der Waals surface area (Å²) < 4.78 is 7.07. The quantitative estimate of drug-likeness (QED) is 0.889. The number of hydrogen-bond acceptors (Lipinski definition) is 3. The van der Waals surface area contributed by atoms with Gasteiger partial charge >= 0.3 is 0 Å². The molecule has 0 bridgehead atoms. The number of rotatable bonds is 6. The third-order valence-electron chi connectivity index (χ3n) is 3.19. The number of carbonyl (C=O) groups excluding carboxylic acids is 1. The Bertz CT molecular complexity index is 667. The lowest BCUT2D eigenvalue weighted by atomic mass is 10.2. The lowest BCUT2D eigenvalue weighted by Gasteiger charge is -2.09. The second-order valence-electron chi connectivity index (χ2n) is 5.05. The van der Waals surface area contributed by atoms with E-state index in [0.717, 1.165) is 17.7 Å². The Morgan fingerprint density at radius 3 is 2.86 bits per heavy atom. The van der Waals surface area contributed by atoms with E-state index in [1.54, 1.807) is 14.0 Å². The normalized spacial score (nSPS) is 10.5. The van der Waals surface area contributed by atoms with Gasteiger partial charge in [0.2, 0.25) is 0 Å². The van der Waals surface area contributed by atoms with Crippen molar-refractivity contribution in [3.8, 4) is 5.75 Å². The van der Waals surface area contributed by atoms with Crippen LogP contribution in [0.25, 0.3) is 0 Å². The summed E-state index contributed by atoms with van der Waals surface area (Å²) in [6.45, 7) is 4.92. The third-order valence-corrected chi connectivity index (χ3v) is 3.64. The molecule has 0 saturated heterocycles. The summed E-state index contributed by atoms with van der Waals surface area (Å²) in [5.74, 6) is 0.566. The number of nitrogens with one attached hydrogen (secondary N) is 1. The molecule has 22 heavy (non-hydrogen) atoms. The van der Waals surface area contributed by atoms with Gasteiger partial charge < -0.3 is 10.1 Å². The van der Waals surface area contributed by atoms with Crippen LogP contribution in [0.5, 0.6) is 5.75 Å². The number of hydrogen-bond donors (Lipinski definition) is 1. The Labute approximate surface area is 135 Å². The highest BCUT2D eigenvalue weighted by molar-refractivity contribution is 6.34. The summed E-state index contributed by atoms with van der Waals surface area (Å²) in [7, 11) is 1.70. The van der Waals surface area contributed by atoms with Crippen LogP contribution in [0, 0.1) is 6.92 Å². The first-order chi connectivity index (χ1) is 10.5. The van der Waals surface area contributed by atoms with Gasteiger partial charge in [-0.25, -0.2) is 0 Å². The molecule has 0 aliphatic heterocycles. The van der Waals surface area contributed by atoms with E-state index in [1.807, 2.05) is 24.3 Å². The monoisotopic (exact) mass is 321 g/mol. The molecule has 6 heteroatoms. The van der Waals surface area contributed by atoms with Gasteiger partial charge in [-0.1, -0.05) is 30.7 Å². The molecule has 0 atom stereocenters. The highest BCUT2D eigenvalue weighted by Gasteiger charge is 2.18. The predicted octanol–water partition coefficient (Wildman–Crippen LogP) is 3.10. The van der Waals surface area contributed by atoms with E-state index in [2.05, 4.69) is 17.3 Å². The zero-order valence-electron chi connectivity index (χ0n) is 13.0. The van der Waals surface area contributed by atoms with E-state index in [1.165, 1.54) is 4.68 Å². The Kier molecular flexibility index (Phi) is 5.44. The van der Waals surface area contributed by atoms with Gasteiger partial charge in [-0.15, -0.1) is 0 Å². The molecule has 2 aromatic rings. The molecule has 1 aromatic heterocycles. The van der Waals surface area contributed by atoms with Crippen LogP contribution < -0.4 is 10.1 Å². The molecule has 1 amide bonds. The van der Waals surface area contributed by atoms with Gasteiger partial charge in [-0.2, -0.15) is 5.10 Å². The van der Waals surface area contributed by atoms with Crippen LogP contribution in [-0.2, 0) is 13.6 Å². The van der Waals surface area contributed by atoms with Crippen LogP contribution in [0.3, 0.4) is 0 Å². The summed E-state index contributed by atoms with van der Waals surface area (Å²) in [5.41, 5.74) is 1.98. The van der Waals surface area contributed by atoms with Crippen molar-refractivity contribution in [2.45, 2.75) is 26.8 Å². The van der Waals surface area contributed by atoms with Crippen molar-refractivity contribution in [1.82, 2.24) is 15.1 Å². The number of amides is 1. The number of aryl methyl sites for hydroxylation is 2. The van der Waals surface area contributed by atoms with Gasteiger partial charge in [0.15, 0.2) is 0 Å². The Hall–Kier alpha value is -2.01. The minimum absolute atomic E-state index is 0.243. The van der Waals surface area contributed by atoms with E-state index >= 15 is 0 Å². The minimum Gasteiger partial charge on any atom is -0.494 e. The van der Waals surface area contributed by atoms with Crippen molar-refractivity contribution in [2.24, 2.45) is 7.05 Å². The summed E-state index contributed by atoms with van der Waals surface area (Å²) in [5, 5.41) is 7.38. The molecule has 0 spiro atoms. The Balaban J connectivity index is 2.02.